The minimum atomic E-state index is 1.07. The third kappa shape index (κ3) is 6.89. The summed E-state index contributed by atoms with van der Waals surface area (Å²) < 4.78 is 0. The molecule has 0 aliphatic heterocycles. The van der Waals surface area contributed by atoms with E-state index in [-0.39, 0.29) is 0 Å². The highest BCUT2D eigenvalue weighted by molar-refractivity contribution is 5.70. The Labute approximate surface area is 227 Å². The highest BCUT2D eigenvalue weighted by atomic mass is 14.8. The zero-order valence-corrected chi connectivity index (χ0v) is 22.1. The molecule has 0 saturated carbocycles. The maximum absolute atomic E-state index is 3.41. The summed E-state index contributed by atoms with van der Waals surface area (Å²) in [6.07, 6.45) is 28.6. The molecule has 5 rings (SSSR count). The fourth-order valence-electron chi connectivity index (χ4n) is 4.71. The number of nitrogens with one attached hydrogen (secondary N) is 1. The van der Waals surface area contributed by atoms with Gasteiger partial charge in [-0.05, 0) is 89.8 Å². The first-order valence-corrected chi connectivity index (χ1v) is 13.6. The fourth-order valence-corrected chi connectivity index (χ4v) is 4.71. The Morgan fingerprint density at radius 1 is 0.763 bits per heavy atom. The maximum Gasteiger partial charge on any atom is 0.0380 e. The largest absolute Gasteiger partial charge is 0.362 e. The molecule has 0 fully saturated rings. The molecule has 0 atom stereocenters. The molecule has 3 aromatic carbocycles. The van der Waals surface area contributed by atoms with Crippen molar-refractivity contribution in [3.8, 4) is 11.1 Å². The van der Waals surface area contributed by atoms with Gasteiger partial charge in [0.15, 0.2) is 0 Å². The van der Waals surface area contributed by atoms with Crippen LogP contribution in [0.15, 0.2) is 145 Å². The van der Waals surface area contributed by atoms with Crippen molar-refractivity contribution in [2.45, 2.75) is 32.6 Å². The standard InChI is InChI=1S/C37H35N/c1-29-14-19-34(20-15-29)36-24-26-37(27-25-36)38-28-8-13-33(31-9-4-2-5-10-31)21-16-30-17-22-35(23-18-30)32-11-6-3-7-12-32/h3-4,6,8-11,13-28,38H,2,5,7,12H2,1H3/b21-16-,28-8+,33-13+. The first-order chi connectivity index (χ1) is 18.7. The molecule has 0 bridgehead atoms. The van der Waals surface area contributed by atoms with E-state index in [1.807, 2.05) is 6.20 Å². The van der Waals surface area contributed by atoms with E-state index in [4.69, 9.17) is 0 Å². The van der Waals surface area contributed by atoms with Gasteiger partial charge in [0.2, 0.25) is 0 Å². The predicted octanol–water partition coefficient (Wildman–Crippen LogP) is 10.2. The zero-order valence-electron chi connectivity index (χ0n) is 22.1. The molecule has 0 saturated heterocycles. The highest BCUT2D eigenvalue weighted by Gasteiger charge is 2.04. The van der Waals surface area contributed by atoms with Gasteiger partial charge >= 0.3 is 0 Å². The summed E-state index contributed by atoms with van der Waals surface area (Å²) >= 11 is 0. The number of rotatable bonds is 8. The molecule has 1 heteroatoms. The zero-order chi connectivity index (χ0) is 26.0. The molecule has 0 unspecified atom stereocenters. The van der Waals surface area contributed by atoms with Crippen molar-refractivity contribution < 1.29 is 0 Å². The van der Waals surface area contributed by atoms with Gasteiger partial charge < -0.3 is 5.32 Å². The lowest BCUT2D eigenvalue weighted by molar-refractivity contribution is 1.02. The van der Waals surface area contributed by atoms with Crippen LogP contribution < -0.4 is 5.32 Å². The van der Waals surface area contributed by atoms with E-state index < -0.39 is 0 Å². The summed E-state index contributed by atoms with van der Waals surface area (Å²) in [7, 11) is 0. The highest BCUT2D eigenvalue weighted by Crippen LogP contribution is 2.25. The maximum atomic E-state index is 3.41. The Hall–Kier alpha value is -4.36. The molecule has 38 heavy (non-hydrogen) atoms. The van der Waals surface area contributed by atoms with Crippen LogP contribution in [0.1, 0.15) is 42.4 Å². The molecular formula is C37H35N. The summed E-state index contributed by atoms with van der Waals surface area (Å²) in [6.45, 7) is 2.12. The van der Waals surface area contributed by atoms with Crippen molar-refractivity contribution in [2.24, 2.45) is 0 Å². The quantitative estimate of drug-likeness (QED) is 0.308. The molecule has 0 aromatic heterocycles. The molecule has 0 spiro atoms. The minimum Gasteiger partial charge on any atom is -0.362 e. The lowest BCUT2D eigenvalue weighted by atomic mass is 9.96. The lowest BCUT2D eigenvalue weighted by Gasteiger charge is -2.10. The first kappa shape index (κ1) is 25.3. The van der Waals surface area contributed by atoms with E-state index in [2.05, 4.69) is 146 Å². The topological polar surface area (TPSA) is 12.0 Å². The molecule has 2 aliphatic rings. The minimum absolute atomic E-state index is 1.07. The van der Waals surface area contributed by atoms with Gasteiger partial charge in [-0.15, -0.1) is 0 Å². The third-order valence-electron chi connectivity index (χ3n) is 6.97. The van der Waals surface area contributed by atoms with Gasteiger partial charge in [-0.2, -0.15) is 0 Å². The van der Waals surface area contributed by atoms with Crippen LogP contribution in [0.2, 0.25) is 0 Å². The van der Waals surface area contributed by atoms with Crippen LogP contribution >= 0.6 is 0 Å². The summed E-state index contributed by atoms with van der Waals surface area (Å²) in [5, 5.41) is 3.41. The average molecular weight is 494 g/mol. The molecule has 0 heterocycles. The van der Waals surface area contributed by atoms with Gasteiger partial charge in [-0.1, -0.05) is 121 Å². The predicted molar refractivity (Wildman–Crippen MR) is 166 cm³/mol. The Morgan fingerprint density at radius 3 is 2.18 bits per heavy atom. The second-order valence-corrected chi connectivity index (χ2v) is 9.82. The van der Waals surface area contributed by atoms with E-state index in [0.717, 1.165) is 31.4 Å². The molecule has 0 radical (unpaired) electrons. The molecule has 188 valence electrons. The van der Waals surface area contributed by atoms with E-state index in [1.165, 1.54) is 44.5 Å². The summed E-state index contributed by atoms with van der Waals surface area (Å²) in [6, 6.07) is 26.1. The van der Waals surface area contributed by atoms with Gasteiger partial charge in [-0.25, -0.2) is 0 Å². The second kappa shape index (κ2) is 12.7. The van der Waals surface area contributed by atoms with Crippen molar-refractivity contribution in [3.63, 3.8) is 0 Å². The molecule has 1 nitrogen and oxygen atoms in total. The number of hydrogen-bond acceptors (Lipinski definition) is 1. The normalized spacial score (nSPS) is 15.7. The number of hydrogen-bond donors (Lipinski definition) is 1. The van der Waals surface area contributed by atoms with Crippen molar-refractivity contribution >= 4 is 17.3 Å². The van der Waals surface area contributed by atoms with Gasteiger partial charge in [0.25, 0.3) is 0 Å². The van der Waals surface area contributed by atoms with Gasteiger partial charge in [0, 0.05) is 11.9 Å². The van der Waals surface area contributed by atoms with E-state index in [1.54, 1.807) is 0 Å². The lowest BCUT2D eigenvalue weighted by Crippen LogP contribution is -1.90. The van der Waals surface area contributed by atoms with Crippen LogP contribution in [-0.4, -0.2) is 0 Å². The Balaban J connectivity index is 1.26. The van der Waals surface area contributed by atoms with Gasteiger partial charge in [0.1, 0.15) is 0 Å². The van der Waals surface area contributed by atoms with E-state index in [0.29, 0.717) is 0 Å². The molecule has 0 amide bonds. The smallest absolute Gasteiger partial charge is 0.0380 e. The van der Waals surface area contributed by atoms with Crippen LogP contribution in [0.3, 0.4) is 0 Å². The summed E-state index contributed by atoms with van der Waals surface area (Å²) in [4.78, 5) is 0. The van der Waals surface area contributed by atoms with Crippen LogP contribution in [0, 0.1) is 6.92 Å². The first-order valence-electron chi connectivity index (χ1n) is 13.6. The summed E-state index contributed by atoms with van der Waals surface area (Å²) in [5.41, 5.74) is 11.2. The van der Waals surface area contributed by atoms with Gasteiger partial charge in [0.05, 0.1) is 0 Å². The van der Waals surface area contributed by atoms with Crippen molar-refractivity contribution in [2.75, 3.05) is 5.32 Å². The monoisotopic (exact) mass is 493 g/mol. The van der Waals surface area contributed by atoms with E-state index in [9.17, 15) is 0 Å². The van der Waals surface area contributed by atoms with Crippen molar-refractivity contribution in [3.05, 3.63) is 162 Å². The van der Waals surface area contributed by atoms with Gasteiger partial charge in [-0.3, -0.25) is 0 Å². The van der Waals surface area contributed by atoms with Crippen LogP contribution in [0.5, 0.6) is 0 Å². The molecular weight excluding hydrogens is 458 g/mol. The number of anilines is 1. The van der Waals surface area contributed by atoms with Crippen LogP contribution in [0.25, 0.3) is 22.8 Å². The molecule has 2 aliphatic carbocycles. The summed E-state index contributed by atoms with van der Waals surface area (Å²) in [5.74, 6) is 0. The molecule has 3 aromatic rings. The fraction of sp³-hybridized carbons (Fsp3) is 0.135. The van der Waals surface area contributed by atoms with E-state index >= 15 is 0 Å². The third-order valence-corrected chi connectivity index (χ3v) is 6.97. The van der Waals surface area contributed by atoms with Crippen LogP contribution in [-0.2, 0) is 0 Å². The van der Waals surface area contributed by atoms with Crippen molar-refractivity contribution in [1.82, 2.24) is 0 Å². The second-order valence-electron chi connectivity index (χ2n) is 9.82. The van der Waals surface area contributed by atoms with Crippen molar-refractivity contribution in [1.29, 1.82) is 0 Å². The number of allylic oxidation sites excluding steroid dienone is 12. The Bertz CT molecular complexity index is 1430. The van der Waals surface area contributed by atoms with Crippen LogP contribution in [0.4, 0.5) is 5.69 Å². The number of aryl methyl sites for hydroxylation is 1. The molecule has 1 N–H and O–H groups in total. The average Bonchev–Trinajstić information content (AvgIpc) is 2.99. The Kier molecular flexibility index (Phi) is 8.48. The number of benzene rings is 3. The Morgan fingerprint density at radius 2 is 1.50 bits per heavy atom. The SMILES string of the molecule is Cc1ccc(-c2ccc(N/C=C/C=C(\C=C/c3ccc(C4=CC=CCC4)cc3)C3=CCCC=C3)cc2)cc1.